The molecule has 2 amide bonds. The summed E-state index contributed by atoms with van der Waals surface area (Å²) in [4.78, 5) is 37.8. The molecule has 1 heterocycles. The molecular formula is C23H23N3O5. The highest BCUT2D eigenvalue weighted by molar-refractivity contribution is 6.22. The lowest BCUT2D eigenvalue weighted by atomic mass is 9.85. The number of allylic oxidation sites excluding steroid dienone is 2. The van der Waals surface area contributed by atoms with E-state index >= 15 is 0 Å². The second kappa shape index (κ2) is 8.59. The third-order valence-corrected chi connectivity index (χ3v) is 5.83. The number of rotatable bonds is 7. The fourth-order valence-electron chi connectivity index (χ4n) is 4.15. The van der Waals surface area contributed by atoms with E-state index in [0.717, 1.165) is 16.2 Å². The van der Waals surface area contributed by atoms with Crippen molar-refractivity contribution in [2.75, 3.05) is 23.9 Å². The Bertz CT molecular complexity index is 1020. The summed E-state index contributed by atoms with van der Waals surface area (Å²) in [6, 6.07) is 12.1. The summed E-state index contributed by atoms with van der Waals surface area (Å²) in [5.41, 5.74) is 1.50. The molecule has 0 spiro atoms. The number of benzene rings is 2. The molecule has 2 aromatic rings. The van der Waals surface area contributed by atoms with Crippen LogP contribution in [-0.4, -0.2) is 30.4 Å². The monoisotopic (exact) mass is 421 g/mol. The average Bonchev–Trinajstić information content (AvgIpc) is 3.04. The van der Waals surface area contributed by atoms with Gasteiger partial charge in [-0.2, -0.15) is 0 Å². The number of nitrogens with zero attached hydrogens (tertiary/aromatic N) is 2. The fraction of sp³-hybridized carbons (Fsp3) is 0.304. The van der Waals surface area contributed by atoms with E-state index in [0.29, 0.717) is 31.5 Å². The molecule has 0 radical (unpaired) electrons. The van der Waals surface area contributed by atoms with Crippen molar-refractivity contribution in [2.24, 2.45) is 11.8 Å². The van der Waals surface area contributed by atoms with Gasteiger partial charge in [-0.1, -0.05) is 24.3 Å². The molecule has 1 saturated heterocycles. The number of anilines is 2. The molecular weight excluding hydrogens is 398 g/mol. The van der Waals surface area contributed by atoms with Crippen molar-refractivity contribution >= 4 is 28.9 Å². The van der Waals surface area contributed by atoms with Gasteiger partial charge in [0.25, 0.3) is 5.69 Å². The predicted molar refractivity (Wildman–Crippen MR) is 116 cm³/mol. The molecule has 1 aliphatic carbocycles. The van der Waals surface area contributed by atoms with Gasteiger partial charge in [-0.25, -0.2) is 4.90 Å². The third kappa shape index (κ3) is 4.01. The van der Waals surface area contributed by atoms with Crippen LogP contribution < -0.4 is 15.0 Å². The van der Waals surface area contributed by atoms with Gasteiger partial charge in [-0.05, 0) is 49.1 Å². The lowest BCUT2D eigenvalue weighted by molar-refractivity contribution is -0.383. The van der Waals surface area contributed by atoms with E-state index < -0.39 is 4.92 Å². The second-order valence-electron chi connectivity index (χ2n) is 7.65. The van der Waals surface area contributed by atoms with Gasteiger partial charge in [0, 0.05) is 12.6 Å². The molecule has 0 saturated carbocycles. The van der Waals surface area contributed by atoms with Crippen LogP contribution in [0.3, 0.4) is 0 Å². The SMILES string of the molecule is COc1ccc(CCNc2ccc(N3C(=O)[C@@H]4CC=CC[C@H]4C3=O)cc2[N+](=O)[O-])cc1. The van der Waals surface area contributed by atoms with Crippen molar-refractivity contribution in [1.29, 1.82) is 0 Å². The third-order valence-electron chi connectivity index (χ3n) is 5.83. The van der Waals surface area contributed by atoms with E-state index in [9.17, 15) is 19.7 Å². The van der Waals surface area contributed by atoms with Crippen LogP contribution in [-0.2, 0) is 16.0 Å². The molecule has 160 valence electrons. The first-order chi connectivity index (χ1) is 15.0. The summed E-state index contributed by atoms with van der Waals surface area (Å²) in [6.07, 6.45) is 5.54. The molecule has 1 aliphatic heterocycles. The summed E-state index contributed by atoms with van der Waals surface area (Å²) >= 11 is 0. The molecule has 8 heteroatoms. The Balaban J connectivity index is 1.49. The standard InChI is InChI=1S/C23H23N3O5/c1-31-17-9-6-15(7-10-17)12-13-24-20-11-8-16(14-21(20)26(29)30)25-22(27)18-4-2-3-5-19(18)23(25)28/h2-3,6-11,14,18-19,24H,4-5,12-13H2,1H3/t18-,19-/m1/s1. The lowest BCUT2D eigenvalue weighted by Crippen LogP contribution is -2.30. The van der Waals surface area contributed by atoms with Crippen molar-refractivity contribution in [3.63, 3.8) is 0 Å². The topological polar surface area (TPSA) is 102 Å². The van der Waals surface area contributed by atoms with Crippen LogP contribution in [0.15, 0.2) is 54.6 Å². The zero-order valence-corrected chi connectivity index (χ0v) is 17.1. The van der Waals surface area contributed by atoms with Gasteiger partial charge < -0.3 is 10.1 Å². The Kier molecular flexibility index (Phi) is 5.70. The number of amides is 2. The Morgan fingerprint density at radius 3 is 2.29 bits per heavy atom. The molecule has 0 unspecified atom stereocenters. The Morgan fingerprint density at radius 1 is 1.06 bits per heavy atom. The number of carbonyl (C=O) groups excluding carboxylic acids is 2. The molecule has 4 rings (SSSR count). The highest BCUT2D eigenvalue weighted by Crippen LogP contribution is 2.39. The number of methoxy groups -OCH3 is 1. The number of nitro groups is 1. The molecule has 31 heavy (non-hydrogen) atoms. The average molecular weight is 421 g/mol. The highest BCUT2D eigenvalue weighted by atomic mass is 16.6. The van der Waals surface area contributed by atoms with Crippen LogP contribution in [0, 0.1) is 22.0 Å². The van der Waals surface area contributed by atoms with Gasteiger partial charge >= 0.3 is 0 Å². The first-order valence-electron chi connectivity index (χ1n) is 10.2. The van der Waals surface area contributed by atoms with Crippen LogP contribution in [0.4, 0.5) is 17.1 Å². The van der Waals surface area contributed by atoms with Crippen LogP contribution in [0.5, 0.6) is 5.75 Å². The largest absolute Gasteiger partial charge is 0.497 e. The van der Waals surface area contributed by atoms with Gasteiger partial charge in [0.05, 0.1) is 29.6 Å². The normalized spacial score (nSPS) is 20.0. The molecule has 2 atom stereocenters. The maximum atomic E-state index is 12.8. The molecule has 1 fully saturated rings. The molecule has 1 N–H and O–H groups in total. The van der Waals surface area contributed by atoms with Gasteiger partial charge in [0.1, 0.15) is 11.4 Å². The fourth-order valence-corrected chi connectivity index (χ4v) is 4.15. The number of hydrogen-bond acceptors (Lipinski definition) is 6. The maximum Gasteiger partial charge on any atom is 0.294 e. The van der Waals surface area contributed by atoms with Crippen molar-refractivity contribution in [1.82, 2.24) is 0 Å². The van der Waals surface area contributed by atoms with Crippen molar-refractivity contribution in [3.05, 3.63) is 70.3 Å². The molecule has 0 aromatic heterocycles. The lowest BCUT2D eigenvalue weighted by Gasteiger charge is -2.16. The van der Waals surface area contributed by atoms with Crippen molar-refractivity contribution < 1.29 is 19.2 Å². The van der Waals surface area contributed by atoms with E-state index in [1.807, 2.05) is 36.4 Å². The van der Waals surface area contributed by atoms with Gasteiger partial charge in [-0.3, -0.25) is 19.7 Å². The minimum atomic E-state index is -0.501. The highest BCUT2D eigenvalue weighted by Gasteiger charge is 2.48. The van der Waals surface area contributed by atoms with Crippen LogP contribution in [0.2, 0.25) is 0 Å². The Hall–Kier alpha value is -3.68. The number of fused-ring (bicyclic) bond motifs is 1. The minimum Gasteiger partial charge on any atom is -0.497 e. The molecule has 0 bridgehead atoms. The Morgan fingerprint density at radius 2 is 1.71 bits per heavy atom. The summed E-state index contributed by atoms with van der Waals surface area (Å²) < 4.78 is 5.14. The van der Waals surface area contributed by atoms with Crippen LogP contribution in [0.1, 0.15) is 18.4 Å². The van der Waals surface area contributed by atoms with E-state index in [2.05, 4.69) is 5.32 Å². The molecule has 2 aromatic carbocycles. The molecule has 2 aliphatic rings. The first kappa shape index (κ1) is 20.6. The van der Waals surface area contributed by atoms with E-state index in [1.165, 1.54) is 6.07 Å². The maximum absolute atomic E-state index is 12.8. The zero-order chi connectivity index (χ0) is 22.0. The quantitative estimate of drug-likeness (QED) is 0.316. The first-order valence-corrected chi connectivity index (χ1v) is 10.2. The minimum absolute atomic E-state index is 0.166. The van der Waals surface area contributed by atoms with E-state index in [-0.39, 0.29) is 35.0 Å². The summed E-state index contributed by atoms with van der Waals surface area (Å²) in [7, 11) is 1.60. The van der Waals surface area contributed by atoms with Gasteiger partial charge in [0.2, 0.25) is 11.8 Å². The molecule has 8 nitrogen and oxygen atoms in total. The number of nitrogens with one attached hydrogen (secondary N) is 1. The number of hydrogen-bond donors (Lipinski definition) is 1. The van der Waals surface area contributed by atoms with Crippen molar-refractivity contribution in [3.8, 4) is 5.75 Å². The van der Waals surface area contributed by atoms with E-state index in [4.69, 9.17) is 4.74 Å². The van der Waals surface area contributed by atoms with Crippen LogP contribution >= 0.6 is 0 Å². The van der Waals surface area contributed by atoms with Gasteiger partial charge in [0.15, 0.2) is 0 Å². The summed E-state index contributed by atoms with van der Waals surface area (Å²) in [6.45, 7) is 0.490. The summed E-state index contributed by atoms with van der Waals surface area (Å²) in [5, 5.41) is 14.8. The van der Waals surface area contributed by atoms with E-state index in [1.54, 1.807) is 19.2 Å². The number of ether oxygens (including phenoxy) is 1. The number of nitro benzene ring substituents is 1. The zero-order valence-electron chi connectivity index (χ0n) is 17.1. The van der Waals surface area contributed by atoms with Crippen LogP contribution in [0.25, 0.3) is 0 Å². The Labute approximate surface area is 179 Å². The van der Waals surface area contributed by atoms with Crippen molar-refractivity contribution in [2.45, 2.75) is 19.3 Å². The smallest absolute Gasteiger partial charge is 0.294 e. The second-order valence-corrected chi connectivity index (χ2v) is 7.65. The number of carbonyl (C=O) groups is 2. The number of imide groups is 1. The predicted octanol–water partition coefficient (Wildman–Crippen LogP) is 3.71. The summed E-state index contributed by atoms with van der Waals surface area (Å²) in [5.74, 6) is -0.551. The van der Waals surface area contributed by atoms with Gasteiger partial charge in [-0.15, -0.1) is 0 Å².